The molecule has 1 aromatic carbocycles. The number of allylic oxidation sites excluding steroid dienone is 7. The number of ketones is 2. The Morgan fingerprint density at radius 1 is 1.05 bits per heavy atom. The van der Waals surface area contributed by atoms with Crippen molar-refractivity contribution in [2.24, 2.45) is 23.7 Å². The van der Waals surface area contributed by atoms with E-state index in [1.54, 1.807) is 25.1 Å². The van der Waals surface area contributed by atoms with Gasteiger partial charge >= 0.3 is 0 Å². The van der Waals surface area contributed by atoms with Gasteiger partial charge in [0.15, 0.2) is 23.1 Å². The van der Waals surface area contributed by atoms with E-state index in [4.69, 9.17) is 9.47 Å². The molecule has 1 aromatic rings. The molecule has 4 unspecified atom stereocenters. The number of hydrogen-bond donors (Lipinski definition) is 1. The number of imide groups is 1. The first-order valence-electron chi connectivity index (χ1n) is 12.9. The number of methoxy groups -OCH3 is 2. The molecule has 0 saturated carbocycles. The number of nitrogens with zero attached hydrogens (tertiary/aromatic N) is 1. The maximum absolute atomic E-state index is 13.4. The fourth-order valence-electron chi connectivity index (χ4n) is 6.36. The number of rotatable bonds is 6. The van der Waals surface area contributed by atoms with Gasteiger partial charge in [0.1, 0.15) is 0 Å². The molecule has 8 nitrogen and oxygen atoms in total. The molecule has 4 aliphatic rings. The number of phenols is 1. The lowest BCUT2D eigenvalue weighted by molar-refractivity contribution is -0.140. The van der Waals surface area contributed by atoms with Gasteiger partial charge in [-0.15, -0.1) is 0 Å². The van der Waals surface area contributed by atoms with Crippen LogP contribution in [0.2, 0.25) is 0 Å². The summed E-state index contributed by atoms with van der Waals surface area (Å²) in [5.74, 6) is -2.22. The highest BCUT2D eigenvalue weighted by Crippen LogP contribution is 2.52. The molecular weight excluding hydrogens is 486 g/mol. The summed E-state index contributed by atoms with van der Waals surface area (Å²) in [5, 5.41) is 10.3. The zero-order valence-electron chi connectivity index (χ0n) is 21.9. The fraction of sp³-hybridized carbons (Fsp3) is 0.400. The molecule has 1 N–H and O–H groups in total. The van der Waals surface area contributed by atoms with E-state index in [0.29, 0.717) is 41.7 Å². The van der Waals surface area contributed by atoms with Crippen LogP contribution in [-0.4, -0.2) is 54.2 Å². The van der Waals surface area contributed by atoms with Gasteiger partial charge in [-0.3, -0.25) is 24.1 Å². The highest BCUT2D eigenvalue weighted by Gasteiger charge is 2.55. The third-order valence-corrected chi connectivity index (χ3v) is 8.13. The number of aromatic hydroxyl groups is 1. The van der Waals surface area contributed by atoms with Crippen molar-refractivity contribution in [1.82, 2.24) is 4.90 Å². The van der Waals surface area contributed by atoms with Crippen molar-refractivity contribution in [1.29, 1.82) is 0 Å². The first-order chi connectivity index (χ1) is 18.2. The Labute approximate surface area is 221 Å². The van der Waals surface area contributed by atoms with Gasteiger partial charge in [0.05, 0.1) is 26.1 Å². The normalized spacial score (nSPS) is 26.8. The van der Waals surface area contributed by atoms with Gasteiger partial charge in [0, 0.05) is 29.2 Å². The van der Waals surface area contributed by atoms with Gasteiger partial charge in [0.25, 0.3) is 0 Å². The number of Topliss-reactive ketones (excluding diaryl/α,β-unsaturated/α-hetero) is 1. The zero-order chi connectivity index (χ0) is 27.3. The number of likely N-dealkylation sites (tertiary alicyclic amines) is 1. The van der Waals surface area contributed by atoms with E-state index in [2.05, 4.69) is 0 Å². The second kappa shape index (κ2) is 9.74. The molecule has 4 atom stereocenters. The van der Waals surface area contributed by atoms with Gasteiger partial charge in [-0.1, -0.05) is 30.7 Å². The van der Waals surface area contributed by atoms with Crippen molar-refractivity contribution in [3.8, 4) is 17.2 Å². The second-order valence-corrected chi connectivity index (χ2v) is 10.2. The van der Waals surface area contributed by atoms with Crippen molar-refractivity contribution in [2.75, 3.05) is 20.8 Å². The molecule has 0 spiro atoms. The molecule has 0 bridgehead atoms. The molecule has 2 amide bonds. The van der Waals surface area contributed by atoms with Crippen LogP contribution in [0, 0.1) is 23.7 Å². The number of benzene rings is 1. The molecule has 0 aromatic heterocycles. The molecule has 0 radical (unpaired) electrons. The fourth-order valence-corrected chi connectivity index (χ4v) is 6.36. The highest BCUT2D eigenvalue weighted by molar-refractivity contribution is 6.23. The lowest BCUT2D eigenvalue weighted by atomic mass is 9.60. The highest BCUT2D eigenvalue weighted by atomic mass is 16.5. The van der Waals surface area contributed by atoms with Crippen molar-refractivity contribution in [2.45, 2.75) is 33.1 Å². The lowest BCUT2D eigenvalue weighted by Crippen LogP contribution is -2.40. The van der Waals surface area contributed by atoms with Crippen LogP contribution in [0.4, 0.5) is 0 Å². The first kappa shape index (κ1) is 25.7. The molecule has 38 heavy (non-hydrogen) atoms. The van der Waals surface area contributed by atoms with E-state index in [1.807, 2.05) is 19.1 Å². The van der Waals surface area contributed by atoms with Gasteiger partial charge < -0.3 is 14.6 Å². The number of amides is 2. The Balaban J connectivity index is 1.61. The van der Waals surface area contributed by atoms with E-state index in [9.17, 15) is 24.3 Å². The molecule has 8 heteroatoms. The standard InChI is InChI=1S/C30H31NO7/c1-5-10-31-29(35)19-9-8-17-18(7-6-16-12-23(37-3)28(34)24(13-16)38-4)25-21(14-20(17)26(19)30(31)36)22(32)11-15(2)27(25)33/h6-8,11-13,18-20,26,34H,5,9-10,14H2,1-4H3. The van der Waals surface area contributed by atoms with Crippen LogP contribution in [0.3, 0.4) is 0 Å². The minimum atomic E-state index is -0.539. The van der Waals surface area contributed by atoms with Crippen molar-refractivity contribution in [3.05, 3.63) is 58.2 Å². The van der Waals surface area contributed by atoms with Crippen LogP contribution in [0.25, 0.3) is 6.08 Å². The maximum Gasteiger partial charge on any atom is 0.233 e. The predicted octanol–water partition coefficient (Wildman–Crippen LogP) is 3.79. The number of ether oxygens (including phenoxy) is 2. The molecule has 1 saturated heterocycles. The Kier molecular flexibility index (Phi) is 6.59. The summed E-state index contributed by atoms with van der Waals surface area (Å²) in [5.41, 5.74) is 2.81. The summed E-state index contributed by atoms with van der Waals surface area (Å²) < 4.78 is 10.5. The molecule has 5 rings (SSSR count). The average molecular weight is 518 g/mol. The maximum atomic E-state index is 13.4. The smallest absolute Gasteiger partial charge is 0.233 e. The van der Waals surface area contributed by atoms with Gasteiger partial charge in [-0.25, -0.2) is 0 Å². The molecule has 1 fully saturated rings. The van der Waals surface area contributed by atoms with E-state index < -0.39 is 17.8 Å². The second-order valence-electron chi connectivity index (χ2n) is 10.2. The summed E-state index contributed by atoms with van der Waals surface area (Å²) in [6.45, 7) is 3.95. The quantitative estimate of drug-likeness (QED) is 0.347. The van der Waals surface area contributed by atoms with Gasteiger partial charge in [0.2, 0.25) is 17.6 Å². The van der Waals surface area contributed by atoms with E-state index in [1.165, 1.54) is 25.2 Å². The number of hydrogen-bond acceptors (Lipinski definition) is 7. The summed E-state index contributed by atoms with van der Waals surface area (Å²) in [7, 11) is 2.88. The molecule has 1 heterocycles. The van der Waals surface area contributed by atoms with Gasteiger partial charge in [-0.05, 0) is 55.9 Å². The van der Waals surface area contributed by atoms with Crippen LogP contribution in [0.1, 0.15) is 38.7 Å². The predicted molar refractivity (Wildman–Crippen MR) is 139 cm³/mol. The summed E-state index contributed by atoms with van der Waals surface area (Å²) in [4.78, 5) is 54.4. The largest absolute Gasteiger partial charge is 0.502 e. The van der Waals surface area contributed by atoms with Gasteiger partial charge in [-0.2, -0.15) is 0 Å². The third-order valence-electron chi connectivity index (χ3n) is 8.13. The summed E-state index contributed by atoms with van der Waals surface area (Å²) in [6, 6.07) is 3.30. The molecular formula is C30H31NO7. The Morgan fingerprint density at radius 3 is 2.37 bits per heavy atom. The van der Waals surface area contributed by atoms with E-state index in [0.717, 1.165) is 5.57 Å². The lowest BCUT2D eigenvalue weighted by Gasteiger charge is -2.41. The number of fused-ring (bicyclic) bond motifs is 3. The van der Waals surface area contributed by atoms with Crippen molar-refractivity contribution >= 4 is 29.5 Å². The van der Waals surface area contributed by atoms with Crippen LogP contribution in [0.5, 0.6) is 17.2 Å². The van der Waals surface area contributed by atoms with Crippen LogP contribution in [-0.2, 0) is 19.2 Å². The third kappa shape index (κ3) is 3.90. The van der Waals surface area contributed by atoms with E-state index in [-0.39, 0.29) is 53.0 Å². The van der Waals surface area contributed by atoms with Crippen molar-refractivity contribution in [3.63, 3.8) is 0 Å². The zero-order valence-corrected chi connectivity index (χ0v) is 21.9. The van der Waals surface area contributed by atoms with E-state index >= 15 is 0 Å². The molecule has 3 aliphatic carbocycles. The number of carbonyl (C=O) groups is 4. The van der Waals surface area contributed by atoms with Crippen molar-refractivity contribution < 1.29 is 33.8 Å². The first-order valence-corrected chi connectivity index (χ1v) is 12.9. The minimum absolute atomic E-state index is 0.120. The van der Waals surface area contributed by atoms with Crippen LogP contribution in [0.15, 0.2) is 52.7 Å². The molecule has 198 valence electrons. The topological polar surface area (TPSA) is 110 Å². The summed E-state index contributed by atoms with van der Waals surface area (Å²) in [6.07, 6.45) is 8.39. The Hall–Kier alpha value is -3.94. The van der Waals surface area contributed by atoms with Crippen LogP contribution >= 0.6 is 0 Å². The minimum Gasteiger partial charge on any atom is -0.502 e. The van der Waals surface area contributed by atoms with Crippen LogP contribution < -0.4 is 9.47 Å². The number of phenolic OH excluding ortho intramolecular Hbond substituents is 1. The Morgan fingerprint density at radius 2 is 1.74 bits per heavy atom. The number of carbonyl (C=O) groups excluding carboxylic acids is 4. The Bertz CT molecular complexity index is 1350. The SMILES string of the molecule is CCCN1C(=O)C2CC=C3C(C=Cc4cc(OC)c(O)c(OC)c4)C4=C(CC3C2C1=O)C(=O)C=C(C)C4=O. The molecule has 1 aliphatic heterocycles. The monoisotopic (exact) mass is 517 g/mol. The average Bonchev–Trinajstić information content (AvgIpc) is 3.15. The summed E-state index contributed by atoms with van der Waals surface area (Å²) >= 11 is 0.